The number of carbonyl (C=O) groups excluding carboxylic acids is 1. The lowest BCUT2D eigenvalue weighted by atomic mass is 10.1. The maximum atomic E-state index is 12.1. The van der Waals surface area contributed by atoms with Crippen LogP contribution in [0.1, 0.15) is 49.2 Å². The van der Waals surface area contributed by atoms with E-state index in [1.54, 1.807) is 0 Å². The van der Waals surface area contributed by atoms with Gasteiger partial charge in [0, 0.05) is 24.3 Å². The van der Waals surface area contributed by atoms with Crippen LogP contribution in [0, 0.1) is 5.92 Å². The first-order chi connectivity index (χ1) is 9.22. The monoisotopic (exact) mass is 261 g/mol. The second kappa shape index (κ2) is 6.55. The second-order valence-electron chi connectivity index (χ2n) is 5.17. The molecule has 0 bridgehead atoms. The molecule has 1 amide bonds. The summed E-state index contributed by atoms with van der Waals surface area (Å²) in [7, 11) is 0. The lowest BCUT2D eigenvalue weighted by Crippen LogP contribution is -2.26. The van der Waals surface area contributed by atoms with Crippen molar-refractivity contribution in [2.45, 2.75) is 39.5 Å². The van der Waals surface area contributed by atoms with Gasteiger partial charge in [-0.3, -0.25) is 4.79 Å². The van der Waals surface area contributed by atoms with Gasteiger partial charge in [-0.05, 0) is 43.7 Å². The van der Waals surface area contributed by atoms with E-state index in [0.717, 1.165) is 37.4 Å². The first kappa shape index (κ1) is 13.8. The van der Waals surface area contributed by atoms with Crippen LogP contribution in [-0.4, -0.2) is 24.0 Å². The molecule has 0 aliphatic heterocycles. The minimum Gasteiger partial charge on any atom is -0.370 e. The number of rotatable bonds is 7. The molecule has 1 aliphatic rings. The summed E-state index contributed by atoms with van der Waals surface area (Å²) in [6.45, 7) is 5.85. The average Bonchev–Trinajstić information content (AvgIpc) is 3.26. The quantitative estimate of drug-likeness (QED) is 0.793. The van der Waals surface area contributed by atoms with Crippen LogP contribution in [0.2, 0.25) is 0 Å². The third-order valence-corrected chi connectivity index (χ3v) is 3.31. The van der Waals surface area contributed by atoms with Crippen LogP contribution in [0.3, 0.4) is 0 Å². The van der Waals surface area contributed by atoms with Gasteiger partial charge in [-0.1, -0.05) is 13.8 Å². The van der Waals surface area contributed by atoms with Gasteiger partial charge in [-0.15, -0.1) is 0 Å². The van der Waals surface area contributed by atoms with Crippen molar-refractivity contribution in [2.75, 3.05) is 18.4 Å². The Hall–Kier alpha value is -1.58. The normalized spacial score (nSPS) is 14.2. The van der Waals surface area contributed by atoms with Crippen molar-refractivity contribution in [2.24, 2.45) is 5.92 Å². The minimum atomic E-state index is 0.0172. The molecule has 1 heterocycles. The highest BCUT2D eigenvalue weighted by Crippen LogP contribution is 2.27. The molecule has 0 radical (unpaired) electrons. The molecule has 1 aromatic rings. The van der Waals surface area contributed by atoms with E-state index in [9.17, 15) is 4.79 Å². The maximum absolute atomic E-state index is 12.1. The number of aromatic nitrogens is 1. The molecule has 0 saturated heterocycles. The van der Waals surface area contributed by atoms with Crippen molar-refractivity contribution in [3.63, 3.8) is 0 Å². The van der Waals surface area contributed by atoms with Crippen LogP contribution in [0.4, 0.5) is 5.82 Å². The molecule has 1 aromatic heterocycles. The minimum absolute atomic E-state index is 0.0172. The number of hydrogen-bond donors (Lipinski definition) is 2. The largest absolute Gasteiger partial charge is 0.370 e. The highest BCUT2D eigenvalue weighted by Gasteiger charge is 2.22. The summed E-state index contributed by atoms with van der Waals surface area (Å²) in [6, 6.07) is 3.73. The molecule has 0 atom stereocenters. The number of amides is 1. The molecule has 1 fully saturated rings. The molecular weight excluding hydrogens is 238 g/mol. The molecule has 0 spiro atoms. The zero-order valence-corrected chi connectivity index (χ0v) is 11.8. The Kier molecular flexibility index (Phi) is 4.77. The number of aryl methyl sites for hydroxylation is 1. The Balaban J connectivity index is 2.05. The Bertz CT molecular complexity index is 441. The average molecular weight is 261 g/mol. The van der Waals surface area contributed by atoms with Gasteiger partial charge in [0.15, 0.2) is 0 Å². The van der Waals surface area contributed by atoms with Crippen molar-refractivity contribution in [3.8, 4) is 0 Å². The number of nitrogens with one attached hydrogen (secondary N) is 2. The Morgan fingerprint density at radius 3 is 2.79 bits per heavy atom. The Morgan fingerprint density at radius 2 is 2.16 bits per heavy atom. The van der Waals surface area contributed by atoms with Gasteiger partial charge < -0.3 is 10.6 Å². The van der Waals surface area contributed by atoms with E-state index in [1.165, 1.54) is 12.8 Å². The predicted molar refractivity (Wildman–Crippen MR) is 77.5 cm³/mol. The molecule has 1 aliphatic carbocycles. The fraction of sp³-hybridized carbons (Fsp3) is 0.600. The van der Waals surface area contributed by atoms with E-state index in [1.807, 2.05) is 12.1 Å². The SMILES string of the molecule is CCCNc1cc(C(=O)NCC2CC2)cc(CC)n1. The molecule has 2 rings (SSSR count). The van der Waals surface area contributed by atoms with E-state index in [0.29, 0.717) is 11.5 Å². The van der Waals surface area contributed by atoms with E-state index >= 15 is 0 Å². The van der Waals surface area contributed by atoms with E-state index in [2.05, 4.69) is 29.5 Å². The van der Waals surface area contributed by atoms with Crippen LogP contribution in [-0.2, 0) is 6.42 Å². The van der Waals surface area contributed by atoms with Crippen LogP contribution < -0.4 is 10.6 Å². The fourth-order valence-corrected chi connectivity index (χ4v) is 1.90. The van der Waals surface area contributed by atoms with E-state index < -0.39 is 0 Å². The van der Waals surface area contributed by atoms with E-state index in [-0.39, 0.29) is 5.91 Å². The molecule has 4 heteroatoms. The molecule has 4 nitrogen and oxygen atoms in total. The van der Waals surface area contributed by atoms with E-state index in [4.69, 9.17) is 0 Å². The van der Waals surface area contributed by atoms with Gasteiger partial charge in [0.2, 0.25) is 0 Å². The molecule has 2 N–H and O–H groups in total. The van der Waals surface area contributed by atoms with Gasteiger partial charge in [0.05, 0.1) is 0 Å². The Morgan fingerprint density at radius 1 is 1.37 bits per heavy atom. The second-order valence-corrected chi connectivity index (χ2v) is 5.17. The zero-order chi connectivity index (χ0) is 13.7. The number of carbonyl (C=O) groups is 1. The van der Waals surface area contributed by atoms with Crippen molar-refractivity contribution in [3.05, 3.63) is 23.4 Å². The lowest BCUT2D eigenvalue weighted by Gasteiger charge is -2.10. The highest BCUT2D eigenvalue weighted by atomic mass is 16.1. The topological polar surface area (TPSA) is 54.0 Å². The molecule has 19 heavy (non-hydrogen) atoms. The summed E-state index contributed by atoms with van der Waals surface area (Å²) < 4.78 is 0. The summed E-state index contributed by atoms with van der Waals surface area (Å²) in [6.07, 6.45) is 4.38. The molecule has 0 aromatic carbocycles. The van der Waals surface area contributed by atoms with Gasteiger partial charge in [-0.2, -0.15) is 0 Å². The van der Waals surface area contributed by atoms with Crippen LogP contribution in [0.5, 0.6) is 0 Å². The number of anilines is 1. The summed E-state index contributed by atoms with van der Waals surface area (Å²) in [5, 5.41) is 6.25. The molecule has 104 valence electrons. The third kappa shape index (κ3) is 4.23. The summed E-state index contributed by atoms with van der Waals surface area (Å²) in [5.74, 6) is 1.52. The van der Waals surface area contributed by atoms with Crippen molar-refractivity contribution >= 4 is 11.7 Å². The zero-order valence-electron chi connectivity index (χ0n) is 11.8. The van der Waals surface area contributed by atoms with Crippen molar-refractivity contribution in [1.82, 2.24) is 10.3 Å². The fourth-order valence-electron chi connectivity index (χ4n) is 1.90. The number of hydrogen-bond acceptors (Lipinski definition) is 3. The third-order valence-electron chi connectivity index (χ3n) is 3.31. The maximum Gasteiger partial charge on any atom is 0.251 e. The van der Waals surface area contributed by atoms with Gasteiger partial charge >= 0.3 is 0 Å². The van der Waals surface area contributed by atoms with Crippen molar-refractivity contribution in [1.29, 1.82) is 0 Å². The molecule has 1 saturated carbocycles. The van der Waals surface area contributed by atoms with Crippen LogP contribution in [0.15, 0.2) is 12.1 Å². The number of pyridine rings is 1. The summed E-state index contributed by atoms with van der Waals surface area (Å²) in [5.41, 5.74) is 1.67. The highest BCUT2D eigenvalue weighted by molar-refractivity contribution is 5.95. The smallest absolute Gasteiger partial charge is 0.251 e. The molecular formula is C15H23N3O. The van der Waals surface area contributed by atoms with Crippen LogP contribution >= 0.6 is 0 Å². The summed E-state index contributed by atoms with van der Waals surface area (Å²) >= 11 is 0. The summed E-state index contributed by atoms with van der Waals surface area (Å²) in [4.78, 5) is 16.6. The van der Waals surface area contributed by atoms with Crippen molar-refractivity contribution < 1.29 is 4.79 Å². The molecule has 0 unspecified atom stereocenters. The first-order valence-corrected chi connectivity index (χ1v) is 7.26. The van der Waals surface area contributed by atoms with Gasteiger partial charge in [0.25, 0.3) is 5.91 Å². The Labute approximate surface area is 115 Å². The standard InChI is InChI=1S/C15H23N3O/c1-3-7-16-14-9-12(8-13(4-2)18-14)15(19)17-10-11-5-6-11/h8-9,11H,3-7,10H2,1-2H3,(H,16,18)(H,17,19). The number of nitrogens with zero attached hydrogens (tertiary/aromatic N) is 1. The predicted octanol–water partition coefficient (Wildman–Crippen LogP) is 2.61. The lowest BCUT2D eigenvalue weighted by molar-refractivity contribution is 0.0951. The first-order valence-electron chi connectivity index (χ1n) is 7.26. The van der Waals surface area contributed by atoms with Crippen LogP contribution in [0.25, 0.3) is 0 Å². The van der Waals surface area contributed by atoms with Gasteiger partial charge in [0.1, 0.15) is 5.82 Å². The van der Waals surface area contributed by atoms with Gasteiger partial charge in [-0.25, -0.2) is 4.98 Å².